The van der Waals surface area contributed by atoms with Crippen LogP contribution in [0.2, 0.25) is 0 Å². The monoisotopic (exact) mass is 323 g/mol. The fourth-order valence-electron chi connectivity index (χ4n) is 1.08. The zero-order valence-electron chi connectivity index (χ0n) is 9.73. The summed E-state index contributed by atoms with van der Waals surface area (Å²) in [6, 6.07) is 0. The van der Waals surface area contributed by atoms with Gasteiger partial charge >= 0.3 is 0 Å². The molecule has 0 amide bonds. The van der Waals surface area contributed by atoms with Crippen LogP contribution < -0.4 is 0 Å². The van der Waals surface area contributed by atoms with Crippen LogP contribution in [-0.2, 0) is 10.8 Å². The van der Waals surface area contributed by atoms with Crippen molar-refractivity contribution < 1.29 is 0 Å². The molecular formula is C11H18INS. The van der Waals surface area contributed by atoms with E-state index in [0.29, 0.717) is 0 Å². The third-order valence-electron chi connectivity index (χ3n) is 1.94. The van der Waals surface area contributed by atoms with Gasteiger partial charge in [0.2, 0.25) is 0 Å². The van der Waals surface area contributed by atoms with Gasteiger partial charge in [0.05, 0.1) is 13.6 Å². The number of rotatable bonds is 0. The Bertz CT molecular complexity index is 328. The molecule has 0 aliphatic carbocycles. The Balaban J connectivity index is 3.19. The van der Waals surface area contributed by atoms with Crippen molar-refractivity contribution in [3.8, 4) is 0 Å². The molecule has 3 heteroatoms. The van der Waals surface area contributed by atoms with Crippen molar-refractivity contribution in [1.29, 1.82) is 0 Å². The fourth-order valence-corrected chi connectivity index (χ4v) is 3.70. The molecule has 0 aromatic carbocycles. The first-order valence-electron chi connectivity index (χ1n) is 4.79. The highest BCUT2D eigenvalue weighted by Crippen LogP contribution is 2.35. The second-order valence-electron chi connectivity index (χ2n) is 5.64. The Morgan fingerprint density at radius 2 is 1.50 bits per heavy atom. The summed E-state index contributed by atoms with van der Waals surface area (Å²) in [5.41, 5.74) is 1.58. The van der Waals surface area contributed by atoms with Crippen LogP contribution in [0.5, 0.6) is 0 Å². The van der Waals surface area contributed by atoms with Gasteiger partial charge in [0.15, 0.2) is 0 Å². The summed E-state index contributed by atoms with van der Waals surface area (Å²) in [7, 11) is 0. The smallest absolute Gasteiger partial charge is 0.0992 e. The molecule has 80 valence electrons. The number of thiazole rings is 1. The van der Waals surface area contributed by atoms with Crippen LogP contribution in [-0.4, -0.2) is 4.98 Å². The van der Waals surface area contributed by atoms with Gasteiger partial charge in [-0.2, -0.15) is 0 Å². The molecule has 0 aliphatic rings. The normalized spacial score (nSPS) is 13.4. The van der Waals surface area contributed by atoms with Crippen LogP contribution in [0, 0.1) is 2.88 Å². The molecule has 1 heterocycles. The Kier molecular flexibility index (Phi) is 3.32. The lowest BCUT2D eigenvalue weighted by molar-refractivity contribution is 0.545. The van der Waals surface area contributed by atoms with Gasteiger partial charge in [-0.25, -0.2) is 4.98 Å². The van der Waals surface area contributed by atoms with E-state index in [1.54, 1.807) is 0 Å². The fraction of sp³-hybridized carbons (Fsp3) is 0.727. The van der Waals surface area contributed by atoms with Gasteiger partial charge in [-0.1, -0.05) is 41.5 Å². The van der Waals surface area contributed by atoms with Crippen LogP contribution in [0.15, 0.2) is 0 Å². The molecule has 0 saturated carbocycles. The first kappa shape index (κ1) is 12.4. The number of hydrogen-bond donors (Lipinski definition) is 0. The summed E-state index contributed by atoms with van der Waals surface area (Å²) in [5.74, 6) is 0. The number of halogens is 1. The molecule has 0 spiro atoms. The van der Waals surface area contributed by atoms with E-state index in [-0.39, 0.29) is 10.8 Å². The lowest BCUT2D eigenvalue weighted by Gasteiger charge is -2.17. The standard InChI is InChI=1S/C11H18INS/c1-10(2,3)7-8(12)14-9(13-7)11(4,5)6/h1-6H3. The van der Waals surface area contributed by atoms with Gasteiger partial charge < -0.3 is 0 Å². The summed E-state index contributed by atoms with van der Waals surface area (Å²) in [6.45, 7) is 13.3. The minimum Gasteiger partial charge on any atom is -0.244 e. The van der Waals surface area contributed by atoms with Crippen molar-refractivity contribution in [2.45, 2.75) is 52.4 Å². The molecule has 0 N–H and O–H groups in total. The third kappa shape index (κ3) is 2.69. The average molecular weight is 323 g/mol. The van der Waals surface area contributed by atoms with Crippen LogP contribution in [0.3, 0.4) is 0 Å². The van der Waals surface area contributed by atoms with E-state index in [2.05, 4.69) is 64.1 Å². The Morgan fingerprint density at radius 1 is 1.00 bits per heavy atom. The second-order valence-corrected chi connectivity index (χ2v) is 8.45. The first-order valence-corrected chi connectivity index (χ1v) is 6.69. The zero-order valence-corrected chi connectivity index (χ0v) is 12.7. The molecule has 0 aliphatic heterocycles. The Morgan fingerprint density at radius 3 is 1.71 bits per heavy atom. The predicted molar refractivity (Wildman–Crippen MR) is 72.2 cm³/mol. The Hall–Kier alpha value is 0.360. The Labute approximate surface area is 104 Å². The highest BCUT2D eigenvalue weighted by atomic mass is 127. The topological polar surface area (TPSA) is 12.9 Å². The molecule has 1 rings (SSSR count). The van der Waals surface area contributed by atoms with E-state index < -0.39 is 0 Å². The molecule has 0 fully saturated rings. The molecule has 1 aromatic rings. The van der Waals surface area contributed by atoms with E-state index in [4.69, 9.17) is 4.98 Å². The van der Waals surface area contributed by atoms with Gasteiger partial charge in [0.1, 0.15) is 0 Å². The average Bonchev–Trinajstić information content (AvgIpc) is 2.27. The van der Waals surface area contributed by atoms with Gasteiger partial charge in [-0.05, 0) is 22.6 Å². The van der Waals surface area contributed by atoms with Gasteiger partial charge in [0, 0.05) is 10.8 Å². The van der Waals surface area contributed by atoms with E-state index in [1.807, 2.05) is 11.3 Å². The maximum Gasteiger partial charge on any atom is 0.0992 e. The maximum atomic E-state index is 4.76. The van der Waals surface area contributed by atoms with Crippen molar-refractivity contribution >= 4 is 33.9 Å². The van der Waals surface area contributed by atoms with E-state index >= 15 is 0 Å². The quantitative estimate of drug-likeness (QED) is 0.647. The van der Waals surface area contributed by atoms with Crippen molar-refractivity contribution in [2.75, 3.05) is 0 Å². The molecule has 1 nitrogen and oxygen atoms in total. The summed E-state index contributed by atoms with van der Waals surface area (Å²) < 4.78 is 1.33. The molecular weight excluding hydrogens is 305 g/mol. The lowest BCUT2D eigenvalue weighted by atomic mass is 9.92. The molecule has 0 atom stereocenters. The van der Waals surface area contributed by atoms with Crippen molar-refractivity contribution in [1.82, 2.24) is 4.98 Å². The molecule has 1 aromatic heterocycles. The molecule has 0 saturated heterocycles. The third-order valence-corrected chi connectivity index (χ3v) is 4.38. The van der Waals surface area contributed by atoms with E-state index in [1.165, 1.54) is 13.6 Å². The molecule has 14 heavy (non-hydrogen) atoms. The van der Waals surface area contributed by atoms with E-state index in [9.17, 15) is 0 Å². The largest absolute Gasteiger partial charge is 0.244 e. The second kappa shape index (κ2) is 3.74. The minimum absolute atomic E-state index is 0.163. The highest BCUT2D eigenvalue weighted by Gasteiger charge is 2.26. The van der Waals surface area contributed by atoms with Crippen LogP contribution >= 0.6 is 33.9 Å². The molecule has 0 bridgehead atoms. The van der Waals surface area contributed by atoms with Crippen LogP contribution in [0.1, 0.15) is 52.2 Å². The zero-order chi connectivity index (χ0) is 11.1. The van der Waals surface area contributed by atoms with Crippen molar-refractivity contribution in [2.24, 2.45) is 0 Å². The van der Waals surface area contributed by atoms with Crippen molar-refractivity contribution in [3.05, 3.63) is 13.6 Å². The SMILES string of the molecule is CC(C)(C)c1nc(C(C)(C)C)c(I)s1. The lowest BCUT2D eigenvalue weighted by Crippen LogP contribution is -2.15. The summed E-state index contributed by atoms with van der Waals surface area (Å²) in [5, 5.41) is 1.24. The van der Waals surface area contributed by atoms with Gasteiger partial charge in [0.25, 0.3) is 0 Å². The number of hydrogen-bond acceptors (Lipinski definition) is 2. The predicted octanol–water partition coefficient (Wildman–Crippen LogP) is 4.34. The molecule has 0 radical (unpaired) electrons. The minimum atomic E-state index is 0.163. The number of nitrogens with zero attached hydrogens (tertiary/aromatic N) is 1. The van der Waals surface area contributed by atoms with E-state index in [0.717, 1.165) is 0 Å². The van der Waals surface area contributed by atoms with Crippen molar-refractivity contribution in [3.63, 3.8) is 0 Å². The number of aromatic nitrogens is 1. The maximum absolute atomic E-state index is 4.76. The summed E-state index contributed by atoms with van der Waals surface area (Å²) in [6.07, 6.45) is 0. The highest BCUT2D eigenvalue weighted by molar-refractivity contribution is 14.1. The van der Waals surface area contributed by atoms with Crippen LogP contribution in [0.4, 0.5) is 0 Å². The molecule has 0 unspecified atom stereocenters. The summed E-state index contributed by atoms with van der Waals surface area (Å²) >= 11 is 4.23. The van der Waals surface area contributed by atoms with Crippen LogP contribution in [0.25, 0.3) is 0 Å². The first-order chi connectivity index (χ1) is 6.12. The van der Waals surface area contributed by atoms with Gasteiger partial charge in [-0.3, -0.25) is 0 Å². The summed E-state index contributed by atoms with van der Waals surface area (Å²) in [4.78, 5) is 4.76. The van der Waals surface area contributed by atoms with Gasteiger partial charge in [-0.15, -0.1) is 11.3 Å².